The van der Waals surface area contributed by atoms with E-state index in [1.807, 2.05) is 12.1 Å². The normalized spacial score (nSPS) is 12.4. The third kappa shape index (κ3) is 3.02. The molecule has 0 spiro atoms. The zero-order valence-corrected chi connectivity index (χ0v) is 11.5. The molecule has 0 N–H and O–H groups in total. The van der Waals surface area contributed by atoms with Crippen LogP contribution in [0.5, 0.6) is 5.75 Å². The highest BCUT2D eigenvalue weighted by Crippen LogP contribution is 2.33. The van der Waals surface area contributed by atoms with Crippen LogP contribution in [0.25, 0.3) is 0 Å². The molecule has 0 amide bonds. The molecule has 0 saturated heterocycles. The molecule has 1 atom stereocenters. The molecule has 1 aromatic heterocycles. The van der Waals surface area contributed by atoms with Crippen LogP contribution in [-0.2, 0) is 6.42 Å². The molecule has 1 unspecified atom stereocenters. The van der Waals surface area contributed by atoms with Gasteiger partial charge in [-0.15, -0.1) is 11.6 Å². The smallest absolute Gasteiger partial charge is 0.123 e. The number of halogens is 1. The van der Waals surface area contributed by atoms with Crippen molar-refractivity contribution in [2.75, 3.05) is 7.11 Å². The zero-order chi connectivity index (χ0) is 12.3. The summed E-state index contributed by atoms with van der Waals surface area (Å²) in [6.45, 7) is 2.07. The summed E-state index contributed by atoms with van der Waals surface area (Å²) in [7, 11) is 1.68. The fourth-order valence-electron chi connectivity index (χ4n) is 1.82. The van der Waals surface area contributed by atoms with Crippen molar-refractivity contribution in [2.24, 2.45) is 0 Å². The fraction of sp³-hybridized carbons (Fsp3) is 0.286. The van der Waals surface area contributed by atoms with Crippen molar-refractivity contribution < 1.29 is 4.74 Å². The SMILES string of the molecule is COc1ccc(C)cc1C(Cl)Cc1ccsc1. The molecule has 0 aliphatic carbocycles. The number of rotatable bonds is 4. The van der Waals surface area contributed by atoms with E-state index in [2.05, 4.69) is 29.8 Å². The van der Waals surface area contributed by atoms with Crippen LogP contribution in [0.15, 0.2) is 35.0 Å². The van der Waals surface area contributed by atoms with Crippen LogP contribution in [0.4, 0.5) is 0 Å². The summed E-state index contributed by atoms with van der Waals surface area (Å²) in [4.78, 5) is 0. The quantitative estimate of drug-likeness (QED) is 0.736. The maximum Gasteiger partial charge on any atom is 0.123 e. The molecule has 0 radical (unpaired) electrons. The molecule has 0 aliphatic rings. The van der Waals surface area contributed by atoms with E-state index in [9.17, 15) is 0 Å². The fourth-order valence-corrected chi connectivity index (χ4v) is 2.85. The van der Waals surface area contributed by atoms with Crippen LogP contribution in [0.2, 0.25) is 0 Å². The van der Waals surface area contributed by atoms with Crippen molar-refractivity contribution in [2.45, 2.75) is 18.7 Å². The lowest BCUT2D eigenvalue weighted by atomic mass is 10.0. The monoisotopic (exact) mass is 266 g/mol. The first-order chi connectivity index (χ1) is 8.20. The standard InChI is InChI=1S/C14H15ClOS/c1-10-3-4-14(16-2)12(7-10)13(15)8-11-5-6-17-9-11/h3-7,9,13H,8H2,1-2H3. The molecule has 3 heteroatoms. The summed E-state index contributed by atoms with van der Waals surface area (Å²) in [5, 5.41) is 4.17. The molecule has 2 aromatic rings. The molecule has 0 bridgehead atoms. The molecule has 17 heavy (non-hydrogen) atoms. The lowest BCUT2D eigenvalue weighted by Crippen LogP contribution is -1.99. The summed E-state index contributed by atoms with van der Waals surface area (Å²) in [5.74, 6) is 0.867. The molecular formula is C14H15ClOS. The molecule has 1 nitrogen and oxygen atoms in total. The van der Waals surface area contributed by atoms with Crippen molar-refractivity contribution in [1.29, 1.82) is 0 Å². The molecule has 1 heterocycles. The van der Waals surface area contributed by atoms with Gasteiger partial charge >= 0.3 is 0 Å². The second-order valence-electron chi connectivity index (χ2n) is 4.05. The minimum absolute atomic E-state index is 0.0422. The highest BCUT2D eigenvalue weighted by molar-refractivity contribution is 7.07. The van der Waals surface area contributed by atoms with Gasteiger partial charge < -0.3 is 4.74 Å². The van der Waals surface area contributed by atoms with Gasteiger partial charge in [-0.1, -0.05) is 17.7 Å². The van der Waals surface area contributed by atoms with Crippen molar-refractivity contribution in [3.8, 4) is 5.75 Å². The number of ether oxygens (including phenoxy) is 1. The van der Waals surface area contributed by atoms with E-state index in [4.69, 9.17) is 16.3 Å². The molecule has 0 saturated carbocycles. The molecule has 2 rings (SSSR count). The first-order valence-corrected chi connectivity index (χ1v) is 6.88. The van der Waals surface area contributed by atoms with E-state index in [-0.39, 0.29) is 5.38 Å². The van der Waals surface area contributed by atoms with Crippen LogP contribution >= 0.6 is 22.9 Å². The van der Waals surface area contributed by atoms with E-state index in [1.165, 1.54) is 11.1 Å². The van der Waals surface area contributed by atoms with Crippen molar-refractivity contribution in [3.05, 3.63) is 51.7 Å². The third-order valence-electron chi connectivity index (χ3n) is 2.72. The van der Waals surface area contributed by atoms with Crippen LogP contribution in [0.1, 0.15) is 22.1 Å². The van der Waals surface area contributed by atoms with Crippen molar-refractivity contribution in [1.82, 2.24) is 0 Å². The number of hydrogen-bond donors (Lipinski definition) is 0. The number of thiophene rings is 1. The molecule has 90 valence electrons. The van der Waals surface area contributed by atoms with E-state index in [0.29, 0.717) is 0 Å². The molecular weight excluding hydrogens is 252 g/mol. The van der Waals surface area contributed by atoms with Gasteiger partial charge in [0.2, 0.25) is 0 Å². The Morgan fingerprint density at radius 1 is 1.35 bits per heavy atom. The van der Waals surface area contributed by atoms with Gasteiger partial charge in [-0.2, -0.15) is 11.3 Å². The van der Waals surface area contributed by atoms with Gasteiger partial charge in [-0.3, -0.25) is 0 Å². The van der Waals surface area contributed by atoms with Crippen molar-refractivity contribution >= 4 is 22.9 Å². The van der Waals surface area contributed by atoms with Gasteiger partial charge in [0.1, 0.15) is 5.75 Å². The second-order valence-corrected chi connectivity index (χ2v) is 5.36. The van der Waals surface area contributed by atoms with E-state index >= 15 is 0 Å². The van der Waals surface area contributed by atoms with Crippen molar-refractivity contribution in [3.63, 3.8) is 0 Å². The Hall–Kier alpha value is -0.990. The average Bonchev–Trinajstić information content (AvgIpc) is 2.81. The molecule has 0 fully saturated rings. The Morgan fingerprint density at radius 2 is 2.18 bits per heavy atom. The first kappa shape index (κ1) is 12.5. The van der Waals surface area contributed by atoms with Gasteiger partial charge in [0, 0.05) is 5.56 Å². The molecule has 1 aromatic carbocycles. The zero-order valence-electron chi connectivity index (χ0n) is 9.94. The predicted molar refractivity (Wildman–Crippen MR) is 74.3 cm³/mol. The van der Waals surface area contributed by atoms with Crippen LogP contribution in [-0.4, -0.2) is 7.11 Å². The number of alkyl halides is 1. The Labute approximate surface area is 111 Å². The topological polar surface area (TPSA) is 9.23 Å². The van der Waals surface area contributed by atoms with Crippen LogP contribution in [0.3, 0.4) is 0 Å². The Balaban J connectivity index is 2.23. The van der Waals surface area contributed by atoms with Gasteiger partial charge in [0.15, 0.2) is 0 Å². The lowest BCUT2D eigenvalue weighted by molar-refractivity contribution is 0.409. The summed E-state index contributed by atoms with van der Waals surface area (Å²) in [6, 6.07) is 8.23. The maximum atomic E-state index is 6.48. The van der Waals surface area contributed by atoms with E-state index < -0.39 is 0 Å². The molecule has 0 aliphatic heterocycles. The summed E-state index contributed by atoms with van der Waals surface area (Å²) in [5.41, 5.74) is 3.55. The van der Waals surface area contributed by atoms with E-state index in [1.54, 1.807) is 18.4 Å². The largest absolute Gasteiger partial charge is 0.496 e. The lowest BCUT2D eigenvalue weighted by Gasteiger charge is -2.14. The van der Waals surface area contributed by atoms with Crippen LogP contribution in [0, 0.1) is 6.92 Å². The number of benzene rings is 1. The van der Waals surface area contributed by atoms with Crippen LogP contribution < -0.4 is 4.74 Å². The predicted octanol–water partition coefficient (Wildman–Crippen LogP) is 4.59. The number of hydrogen-bond acceptors (Lipinski definition) is 2. The Kier molecular flexibility index (Phi) is 4.08. The Bertz CT molecular complexity index is 479. The van der Waals surface area contributed by atoms with Gasteiger partial charge in [-0.05, 0) is 41.8 Å². The average molecular weight is 267 g/mol. The summed E-state index contributed by atoms with van der Waals surface area (Å²) >= 11 is 8.18. The van der Waals surface area contributed by atoms with Gasteiger partial charge in [0.05, 0.1) is 12.5 Å². The number of aryl methyl sites for hydroxylation is 1. The summed E-state index contributed by atoms with van der Waals surface area (Å²) < 4.78 is 5.36. The second kappa shape index (κ2) is 5.56. The maximum absolute atomic E-state index is 6.48. The highest BCUT2D eigenvalue weighted by Gasteiger charge is 2.14. The Morgan fingerprint density at radius 3 is 2.82 bits per heavy atom. The minimum atomic E-state index is -0.0422. The van der Waals surface area contributed by atoms with Gasteiger partial charge in [0.25, 0.3) is 0 Å². The minimum Gasteiger partial charge on any atom is -0.496 e. The summed E-state index contributed by atoms with van der Waals surface area (Å²) in [6.07, 6.45) is 0.838. The highest BCUT2D eigenvalue weighted by atomic mass is 35.5. The van der Waals surface area contributed by atoms with Gasteiger partial charge in [-0.25, -0.2) is 0 Å². The third-order valence-corrected chi connectivity index (χ3v) is 3.84. The number of methoxy groups -OCH3 is 1. The first-order valence-electron chi connectivity index (χ1n) is 5.50. The van der Waals surface area contributed by atoms with E-state index in [0.717, 1.165) is 17.7 Å².